The quantitative estimate of drug-likeness (QED) is 0.402. The topological polar surface area (TPSA) is 90.3 Å². The summed E-state index contributed by atoms with van der Waals surface area (Å²) in [5.41, 5.74) is 1.73. The number of pyridine rings is 2. The van der Waals surface area contributed by atoms with Gasteiger partial charge in [0, 0.05) is 23.2 Å². The standard InChI is InChI=1S/C23H19BrFN3O4S/c1-13-8-14(2)26-22(9-13)27-33(30,31)16-5-6-19-15(10-16)4-7-23(29)28(19)20-12-18(25)17(24)11-21(20)32-3/h4-12H,1-3H3,(H,26,27). The van der Waals surface area contributed by atoms with E-state index in [1.165, 1.54) is 54.1 Å². The number of rotatable bonds is 5. The van der Waals surface area contributed by atoms with Crippen molar-refractivity contribution in [2.75, 3.05) is 11.8 Å². The lowest BCUT2D eigenvalue weighted by Gasteiger charge is -2.15. The van der Waals surface area contributed by atoms with Crippen LogP contribution in [0, 0.1) is 19.7 Å². The molecule has 0 spiro atoms. The lowest BCUT2D eigenvalue weighted by Crippen LogP contribution is -2.19. The number of aromatic nitrogens is 2. The van der Waals surface area contributed by atoms with Crippen LogP contribution >= 0.6 is 15.9 Å². The summed E-state index contributed by atoms with van der Waals surface area (Å²) in [4.78, 5) is 16.9. The van der Waals surface area contributed by atoms with E-state index in [4.69, 9.17) is 4.74 Å². The number of nitrogens with one attached hydrogen (secondary N) is 1. The maximum Gasteiger partial charge on any atom is 0.263 e. The van der Waals surface area contributed by atoms with E-state index in [0.29, 0.717) is 16.6 Å². The van der Waals surface area contributed by atoms with Crippen molar-refractivity contribution in [3.05, 3.63) is 86.5 Å². The molecule has 2 heterocycles. The lowest BCUT2D eigenvalue weighted by molar-refractivity contribution is 0.411. The van der Waals surface area contributed by atoms with E-state index in [1.54, 1.807) is 13.0 Å². The first-order valence-electron chi connectivity index (χ1n) is 9.76. The van der Waals surface area contributed by atoms with Gasteiger partial charge in [-0.3, -0.25) is 14.1 Å². The van der Waals surface area contributed by atoms with E-state index in [1.807, 2.05) is 13.0 Å². The number of anilines is 1. The van der Waals surface area contributed by atoms with Crippen molar-refractivity contribution in [1.82, 2.24) is 9.55 Å². The second-order valence-corrected chi connectivity index (χ2v) is 9.98. The smallest absolute Gasteiger partial charge is 0.263 e. The number of hydrogen-bond acceptors (Lipinski definition) is 5. The average molecular weight is 532 g/mol. The zero-order valence-electron chi connectivity index (χ0n) is 17.9. The fourth-order valence-electron chi connectivity index (χ4n) is 3.59. The molecule has 33 heavy (non-hydrogen) atoms. The third-order valence-electron chi connectivity index (χ3n) is 4.98. The highest BCUT2D eigenvalue weighted by atomic mass is 79.9. The molecule has 0 amide bonds. The highest BCUT2D eigenvalue weighted by Crippen LogP contribution is 2.31. The Morgan fingerprint density at radius 2 is 1.82 bits per heavy atom. The number of sulfonamides is 1. The highest BCUT2D eigenvalue weighted by Gasteiger charge is 2.19. The molecule has 0 aliphatic carbocycles. The van der Waals surface area contributed by atoms with E-state index in [-0.39, 0.29) is 26.6 Å². The second kappa shape index (κ2) is 8.60. The van der Waals surface area contributed by atoms with Crippen LogP contribution in [-0.4, -0.2) is 25.1 Å². The predicted molar refractivity (Wildman–Crippen MR) is 128 cm³/mol. The molecule has 0 radical (unpaired) electrons. The molecule has 10 heteroatoms. The molecule has 0 fully saturated rings. The fourth-order valence-corrected chi connectivity index (χ4v) is 4.94. The highest BCUT2D eigenvalue weighted by molar-refractivity contribution is 9.10. The van der Waals surface area contributed by atoms with Crippen LogP contribution in [0.15, 0.2) is 68.8 Å². The van der Waals surface area contributed by atoms with E-state index >= 15 is 0 Å². The van der Waals surface area contributed by atoms with E-state index in [9.17, 15) is 17.6 Å². The van der Waals surface area contributed by atoms with Crippen molar-refractivity contribution >= 4 is 42.7 Å². The molecule has 4 aromatic rings. The van der Waals surface area contributed by atoms with Gasteiger partial charge in [0.1, 0.15) is 17.4 Å². The van der Waals surface area contributed by atoms with Gasteiger partial charge < -0.3 is 4.74 Å². The number of fused-ring (bicyclic) bond motifs is 1. The Labute approximate surface area is 198 Å². The van der Waals surface area contributed by atoms with Crippen molar-refractivity contribution < 1.29 is 17.5 Å². The van der Waals surface area contributed by atoms with Crippen LogP contribution in [0.2, 0.25) is 0 Å². The summed E-state index contributed by atoms with van der Waals surface area (Å²) in [6, 6.07) is 13.2. The Morgan fingerprint density at radius 1 is 1.06 bits per heavy atom. The van der Waals surface area contributed by atoms with Crippen LogP contribution in [-0.2, 0) is 10.0 Å². The van der Waals surface area contributed by atoms with Crippen molar-refractivity contribution in [3.63, 3.8) is 0 Å². The molecule has 0 unspecified atom stereocenters. The Kier molecular flexibility index (Phi) is 5.98. The summed E-state index contributed by atoms with van der Waals surface area (Å²) < 4.78 is 49.5. The van der Waals surface area contributed by atoms with Crippen LogP contribution in [0.4, 0.5) is 10.2 Å². The molecule has 0 atom stereocenters. The molecule has 7 nitrogen and oxygen atoms in total. The Bertz CT molecular complexity index is 1550. The van der Waals surface area contributed by atoms with Gasteiger partial charge >= 0.3 is 0 Å². The van der Waals surface area contributed by atoms with E-state index < -0.39 is 21.4 Å². The third kappa shape index (κ3) is 4.49. The zero-order chi connectivity index (χ0) is 23.9. The number of ether oxygens (including phenoxy) is 1. The number of halogens is 2. The van der Waals surface area contributed by atoms with Gasteiger partial charge in [-0.1, -0.05) is 0 Å². The number of benzene rings is 2. The minimum Gasteiger partial charge on any atom is -0.495 e. The van der Waals surface area contributed by atoms with Crippen LogP contribution < -0.4 is 15.0 Å². The number of nitrogens with zero attached hydrogens (tertiary/aromatic N) is 2. The maximum atomic E-state index is 14.3. The molecule has 2 aromatic heterocycles. The minimum atomic E-state index is -3.94. The average Bonchev–Trinajstić information content (AvgIpc) is 2.74. The van der Waals surface area contributed by atoms with Gasteiger partial charge in [0.15, 0.2) is 0 Å². The summed E-state index contributed by atoms with van der Waals surface area (Å²) in [7, 11) is -2.53. The summed E-state index contributed by atoms with van der Waals surface area (Å²) >= 11 is 3.11. The molecule has 0 bridgehead atoms. The SMILES string of the molecule is COc1cc(Br)c(F)cc1-n1c(=O)ccc2cc(S(=O)(=O)Nc3cc(C)cc(C)n3)ccc21. The lowest BCUT2D eigenvalue weighted by atomic mass is 10.2. The van der Waals surface area contributed by atoms with Crippen LogP contribution in [0.5, 0.6) is 5.75 Å². The zero-order valence-corrected chi connectivity index (χ0v) is 20.3. The van der Waals surface area contributed by atoms with Gasteiger partial charge in [-0.15, -0.1) is 0 Å². The largest absolute Gasteiger partial charge is 0.495 e. The van der Waals surface area contributed by atoms with Gasteiger partial charge in [-0.2, -0.15) is 0 Å². The van der Waals surface area contributed by atoms with Crippen molar-refractivity contribution in [3.8, 4) is 11.4 Å². The Morgan fingerprint density at radius 3 is 2.52 bits per heavy atom. The molecule has 1 N–H and O–H groups in total. The van der Waals surface area contributed by atoms with Gasteiger partial charge in [-0.05, 0) is 77.8 Å². The van der Waals surface area contributed by atoms with Gasteiger partial charge in [0.05, 0.1) is 27.7 Å². The predicted octanol–water partition coefficient (Wildman–Crippen LogP) is 4.71. The van der Waals surface area contributed by atoms with Gasteiger partial charge in [0.2, 0.25) is 0 Å². The van der Waals surface area contributed by atoms with Gasteiger partial charge in [-0.25, -0.2) is 17.8 Å². The Hall–Kier alpha value is -3.24. The molecule has 170 valence electrons. The Balaban J connectivity index is 1.85. The normalized spacial score (nSPS) is 11.5. The molecular formula is C23H19BrFN3O4S. The molecule has 4 rings (SSSR count). The van der Waals surface area contributed by atoms with Crippen LogP contribution in [0.25, 0.3) is 16.6 Å². The minimum absolute atomic E-state index is 0.00453. The number of methoxy groups -OCH3 is 1. The van der Waals surface area contributed by atoms with Crippen LogP contribution in [0.1, 0.15) is 11.3 Å². The summed E-state index contributed by atoms with van der Waals surface area (Å²) in [6.45, 7) is 3.63. The molecule has 0 aliphatic rings. The van der Waals surface area contributed by atoms with E-state index in [0.717, 1.165) is 5.56 Å². The van der Waals surface area contributed by atoms with Gasteiger partial charge in [0.25, 0.3) is 15.6 Å². The maximum absolute atomic E-state index is 14.3. The van der Waals surface area contributed by atoms with Crippen LogP contribution in [0.3, 0.4) is 0 Å². The summed E-state index contributed by atoms with van der Waals surface area (Å²) in [5.74, 6) is -0.0798. The van der Waals surface area contributed by atoms with E-state index in [2.05, 4.69) is 25.6 Å². The summed E-state index contributed by atoms with van der Waals surface area (Å²) in [6.07, 6.45) is 0. The van der Waals surface area contributed by atoms with Crippen molar-refractivity contribution in [2.45, 2.75) is 18.7 Å². The fraction of sp³-hybridized carbons (Fsp3) is 0.130. The van der Waals surface area contributed by atoms with Crippen molar-refractivity contribution in [2.24, 2.45) is 0 Å². The second-order valence-electron chi connectivity index (χ2n) is 7.44. The first-order valence-corrected chi connectivity index (χ1v) is 12.0. The monoisotopic (exact) mass is 531 g/mol. The molecule has 0 saturated carbocycles. The molecule has 0 aliphatic heterocycles. The first kappa shape index (κ1) is 22.9. The molecular weight excluding hydrogens is 513 g/mol. The first-order chi connectivity index (χ1) is 15.6. The number of hydrogen-bond donors (Lipinski definition) is 1. The number of aryl methyl sites for hydroxylation is 2. The summed E-state index contributed by atoms with van der Waals surface area (Å²) in [5, 5.41) is 0.469. The van der Waals surface area contributed by atoms with Crippen molar-refractivity contribution in [1.29, 1.82) is 0 Å². The molecule has 0 saturated heterocycles. The third-order valence-corrected chi connectivity index (χ3v) is 6.94. The molecule has 2 aromatic carbocycles.